The molecule has 5 nitrogen and oxygen atoms in total. The predicted molar refractivity (Wildman–Crippen MR) is 95.1 cm³/mol. The topological polar surface area (TPSA) is 66.8 Å². The molecule has 0 aromatic heterocycles. The van der Waals surface area contributed by atoms with E-state index in [4.69, 9.17) is 33.0 Å². The monoisotopic (exact) mass is 385 g/mol. The van der Waals surface area contributed by atoms with Gasteiger partial charge in [-0.15, -0.1) is 0 Å². The zero-order chi connectivity index (χ0) is 18.0. The first kappa shape index (κ1) is 18.5. The first-order valence-corrected chi connectivity index (χ1v) is 9.28. The Morgan fingerprint density at radius 2 is 1.96 bits per heavy atom. The highest BCUT2D eigenvalue weighted by Crippen LogP contribution is 2.51. The number of nitrogens with zero attached hydrogens (tertiary/aromatic N) is 1. The standard InChI is InChI=1S/C18H21Cl2NO4/c19-15-3-1-2-12(17(15)20)13-10-14(13)18(24)21(7-4-16(22)23)11-5-8-25-9-6-11/h1-3,11,13-14H,4-10H2,(H,22,23)/t13-,14+/m0/s1. The van der Waals surface area contributed by atoms with Crippen LogP contribution in [0.5, 0.6) is 0 Å². The van der Waals surface area contributed by atoms with Crippen molar-refractivity contribution in [3.63, 3.8) is 0 Å². The van der Waals surface area contributed by atoms with E-state index < -0.39 is 5.97 Å². The molecule has 2 aliphatic rings. The minimum Gasteiger partial charge on any atom is -0.481 e. The van der Waals surface area contributed by atoms with E-state index >= 15 is 0 Å². The van der Waals surface area contributed by atoms with Crippen molar-refractivity contribution in [3.8, 4) is 0 Å². The molecule has 1 aromatic rings. The van der Waals surface area contributed by atoms with Crippen LogP contribution in [0, 0.1) is 5.92 Å². The van der Waals surface area contributed by atoms with Crippen LogP contribution in [0.1, 0.15) is 37.2 Å². The number of ether oxygens (including phenoxy) is 1. The molecule has 1 amide bonds. The summed E-state index contributed by atoms with van der Waals surface area (Å²) in [5.41, 5.74) is 0.901. The summed E-state index contributed by atoms with van der Waals surface area (Å²) in [6.45, 7) is 1.46. The molecule has 1 aliphatic carbocycles. The summed E-state index contributed by atoms with van der Waals surface area (Å²) < 4.78 is 5.36. The fourth-order valence-electron chi connectivity index (χ4n) is 3.52. The first-order valence-electron chi connectivity index (χ1n) is 8.53. The summed E-state index contributed by atoms with van der Waals surface area (Å²) in [4.78, 5) is 25.7. The molecule has 1 saturated heterocycles. The largest absolute Gasteiger partial charge is 0.481 e. The van der Waals surface area contributed by atoms with Gasteiger partial charge in [-0.05, 0) is 36.8 Å². The third-order valence-electron chi connectivity index (χ3n) is 4.97. The quantitative estimate of drug-likeness (QED) is 0.812. The predicted octanol–water partition coefficient (Wildman–Crippen LogP) is 3.58. The van der Waals surface area contributed by atoms with E-state index in [-0.39, 0.29) is 36.8 Å². The maximum atomic E-state index is 13.0. The number of carbonyl (C=O) groups is 2. The van der Waals surface area contributed by atoms with Crippen molar-refractivity contribution >= 4 is 35.1 Å². The lowest BCUT2D eigenvalue weighted by molar-refractivity contribution is -0.141. The molecule has 0 radical (unpaired) electrons. The van der Waals surface area contributed by atoms with Crippen LogP contribution in [-0.2, 0) is 14.3 Å². The Labute approximate surface area is 156 Å². The summed E-state index contributed by atoms with van der Waals surface area (Å²) in [5, 5.41) is 10.00. The van der Waals surface area contributed by atoms with E-state index in [1.807, 2.05) is 12.1 Å². The molecule has 2 atom stereocenters. The summed E-state index contributed by atoms with van der Waals surface area (Å²) >= 11 is 12.4. The number of carboxylic acid groups (broad SMARTS) is 1. The van der Waals surface area contributed by atoms with Crippen molar-refractivity contribution in [3.05, 3.63) is 33.8 Å². The minimum atomic E-state index is -0.893. The fourth-order valence-corrected chi connectivity index (χ4v) is 3.97. The van der Waals surface area contributed by atoms with Crippen LogP contribution < -0.4 is 0 Å². The number of amides is 1. The fraction of sp³-hybridized carbons (Fsp3) is 0.556. The van der Waals surface area contributed by atoms with Gasteiger partial charge in [-0.3, -0.25) is 9.59 Å². The SMILES string of the molecule is O=C(O)CCN(C(=O)[C@@H]1C[C@H]1c1cccc(Cl)c1Cl)C1CCOCC1. The molecule has 2 fully saturated rings. The van der Waals surface area contributed by atoms with E-state index in [1.54, 1.807) is 11.0 Å². The van der Waals surface area contributed by atoms with Crippen LogP contribution in [0.25, 0.3) is 0 Å². The van der Waals surface area contributed by atoms with Crippen molar-refractivity contribution < 1.29 is 19.4 Å². The van der Waals surface area contributed by atoms with Crippen molar-refractivity contribution in [1.29, 1.82) is 0 Å². The second-order valence-corrected chi connectivity index (χ2v) is 7.40. The van der Waals surface area contributed by atoms with Crippen LogP contribution in [0.3, 0.4) is 0 Å². The number of carboxylic acids is 1. The average Bonchev–Trinajstić information content (AvgIpc) is 3.38. The van der Waals surface area contributed by atoms with E-state index in [0.717, 1.165) is 24.8 Å². The lowest BCUT2D eigenvalue weighted by Crippen LogP contribution is -2.45. The summed E-state index contributed by atoms with van der Waals surface area (Å²) in [6.07, 6.45) is 2.19. The molecule has 0 spiro atoms. The van der Waals surface area contributed by atoms with Crippen molar-refractivity contribution in [1.82, 2.24) is 4.90 Å². The molecule has 25 heavy (non-hydrogen) atoms. The Bertz CT molecular complexity index is 660. The van der Waals surface area contributed by atoms with Gasteiger partial charge in [0.2, 0.25) is 5.91 Å². The van der Waals surface area contributed by atoms with E-state index in [0.29, 0.717) is 23.3 Å². The molecule has 1 aliphatic heterocycles. The van der Waals surface area contributed by atoms with Gasteiger partial charge in [-0.25, -0.2) is 0 Å². The van der Waals surface area contributed by atoms with Gasteiger partial charge >= 0.3 is 5.97 Å². The highest BCUT2D eigenvalue weighted by Gasteiger charge is 2.47. The van der Waals surface area contributed by atoms with Gasteiger partial charge in [0, 0.05) is 31.7 Å². The number of rotatable bonds is 6. The van der Waals surface area contributed by atoms with Gasteiger partial charge < -0.3 is 14.7 Å². The number of hydrogen-bond acceptors (Lipinski definition) is 3. The number of carbonyl (C=O) groups excluding carboxylic acids is 1. The summed E-state index contributed by atoms with van der Waals surface area (Å²) in [6, 6.07) is 5.52. The number of aliphatic carboxylic acids is 1. The lowest BCUT2D eigenvalue weighted by atomic mass is 10.0. The van der Waals surface area contributed by atoms with Gasteiger partial charge in [0.05, 0.1) is 16.5 Å². The van der Waals surface area contributed by atoms with Crippen LogP contribution in [0.2, 0.25) is 10.0 Å². The molecule has 1 saturated carbocycles. The molecule has 136 valence electrons. The second kappa shape index (κ2) is 7.94. The minimum absolute atomic E-state index is 0.0224. The summed E-state index contributed by atoms with van der Waals surface area (Å²) in [7, 11) is 0. The molecule has 1 aromatic carbocycles. The Balaban J connectivity index is 1.72. The highest BCUT2D eigenvalue weighted by molar-refractivity contribution is 6.42. The van der Waals surface area contributed by atoms with Gasteiger partial charge in [0.15, 0.2) is 0 Å². The normalized spacial score (nSPS) is 23.3. The second-order valence-electron chi connectivity index (χ2n) is 6.61. The van der Waals surface area contributed by atoms with E-state index in [2.05, 4.69) is 0 Å². The Morgan fingerprint density at radius 1 is 1.24 bits per heavy atom. The Kier molecular flexibility index (Phi) is 5.87. The molecular formula is C18H21Cl2NO4. The van der Waals surface area contributed by atoms with Crippen molar-refractivity contribution in [2.75, 3.05) is 19.8 Å². The maximum Gasteiger partial charge on any atom is 0.305 e. The number of hydrogen-bond donors (Lipinski definition) is 1. The van der Waals surface area contributed by atoms with E-state index in [9.17, 15) is 9.59 Å². The molecule has 1 heterocycles. The summed E-state index contributed by atoms with van der Waals surface area (Å²) in [5.74, 6) is -0.956. The molecule has 3 rings (SSSR count). The van der Waals surface area contributed by atoms with Crippen LogP contribution in [-0.4, -0.2) is 47.7 Å². The number of benzene rings is 1. The van der Waals surface area contributed by atoms with Gasteiger partial charge in [0.1, 0.15) is 0 Å². The molecular weight excluding hydrogens is 365 g/mol. The van der Waals surface area contributed by atoms with Crippen LogP contribution in [0.15, 0.2) is 18.2 Å². The van der Waals surface area contributed by atoms with Crippen LogP contribution in [0.4, 0.5) is 0 Å². The number of halogens is 2. The maximum absolute atomic E-state index is 13.0. The average molecular weight is 386 g/mol. The Morgan fingerprint density at radius 3 is 2.64 bits per heavy atom. The van der Waals surface area contributed by atoms with Gasteiger partial charge in [-0.2, -0.15) is 0 Å². The molecule has 0 unspecified atom stereocenters. The highest BCUT2D eigenvalue weighted by atomic mass is 35.5. The first-order chi connectivity index (χ1) is 12.0. The molecule has 1 N–H and O–H groups in total. The van der Waals surface area contributed by atoms with E-state index in [1.165, 1.54) is 0 Å². The zero-order valence-corrected chi connectivity index (χ0v) is 15.3. The Hall–Kier alpha value is -1.30. The zero-order valence-electron chi connectivity index (χ0n) is 13.8. The van der Waals surface area contributed by atoms with Gasteiger partial charge in [0.25, 0.3) is 0 Å². The third-order valence-corrected chi connectivity index (χ3v) is 5.80. The van der Waals surface area contributed by atoms with Gasteiger partial charge in [-0.1, -0.05) is 35.3 Å². The van der Waals surface area contributed by atoms with Crippen molar-refractivity contribution in [2.45, 2.75) is 37.6 Å². The van der Waals surface area contributed by atoms with Crippen molar-refractivity contribution in [2.24, 2.45) is 5.92 Å². The molecule has 0 bridgehead atoms. The van der Waals surface area contributed by atoms with Crippen LogP contribution >= 0.6 is 23.2 Å². The molecule has 7 heteroatoms. The third kappa shape index (κ3) is 4.27. The lowest BCUT2D eigenvalue weighted by Gasteiger charge is -2.34. The smallest absolute Gasteiger partial charge is 0.305 e.